The number of thioether (sulfide) groups is 1. The van der Waals surface area contributed by atoms with Gasteiger partial charge in [0.15, 0.2) is 0 Å². The number of carbonyl (C=O) groups is 1. The molecule has 1 aromatic carbocycles. The largest absolute Gasteiger partial charge is 0.298 e. The number of carbonyl (C=O) groups excluding carboxylic acids is 1. The second-order valence-corrected chi connectivity index (χ2v) is 6.41. The molecule has 1 aromatic rings. The van der Waals surface area contributed by atoms with E-state index in [1.807, 2.05) is 30.0 Å². The molecule has 0 atom stereocenters. The van der Waals surface area contributed by atoms with Crippen molar-refractivity contribution in [2.24, 2.45) is 0 Å². The van der Waals surface area contributed by atoms with Crippen LogP contribution in [-0.4, -0.2) is 17.3 Å². The first kappa shape index (κ1) is 11.7. The number of benzene rings is 1. The van der Waals surface area contributed by atoms with E-state index in [2.05, 4.69) is 19.9 Å². The summed E-state index contributed by atoms with van der Waals surface area (Å²) in [6.45, 7) is 4.46. The van der Waals surface area contributed by atoms with E-state index >= 15 is 0 Å². The molecule has 1 nitrogen and oxygen atoms in total. The molecule has 16 heavy (non-hydrogen) atoms. The zero-order chi connectivity index (χ0) is 11.6. The minimum atomic E-state index is 0.298. The molecule has 0 radical (unpaired) electrons. The van der Waals surface area contributed by atoms with Gasteiger partial charge in [0.05, 0.1) is 0 Å². The fourth-order valence-corrected chi connectivity index (χ4v) is 3.15. The fourth-order valence-electron chi connectivity index (χ4n) is 2.05. The van der Waals surface area contributed by atoms with E-state index in [9.17, 15) is 4.79 Å². The van der Waals surface area contributed by atoms with Gasteiger partial charge in [-0.2, -0.15) is 11.8 Å². The summed E-state index contributed by atoms with van der Waals surface area (Å²) >= 11 is 2.00. The van der Waals surface area contributed by atoms with Crippen LogP contribution in [0.3, 0.4) is 0 Å². The maximum absolute atomic E-state index is 11.0. The van der Waals surface area contributed by atoms with Crippen molar-refractivity contribution in [3.63, 3.8) is 0 Å². The zero-order valence-electron chi connectivity index (χ0n) is 9.90. The predicted octanol–water partition coefficient (Wildman–Crippen LogP) is 3.67. The van der Waals surface area contributed by atoms with E-state index in [1.165, 1.54) is 18.4 Å². The van der Waals surface area contributed by atoms with Crippen LogP contribution in [0.15, 0.2) is 24.3 Å². The molecule has 0 bridgehead atoms. The highest BCUT2D eigenvalue weighted by molar-refractivity contribution is 7.99. The summed E-state index contributed by atoms with van der Waals surface area (Å²) in [5.41, 5.74) is 2.44. The molecule has 0 aliphatic heterocycles. The Labute approximate surface area is 102 Å². The summed E-state index contributed by atoms with van der Waals surface area (Å²) in [7, 11) is 0. The van der Waals surface area contributed by atoms with Gasteiger partial charge in [-0.05, 0) is 23.7 Å². The second-order valence-electron chi connectivity index (χ2n) is 4.85. The van der Waals surface area contributed by atoms with Crippen molar-refractivity contribution in [2.75, 3.05) is 5.75 Å². The van der Waals surface area contributed by atoms with Crippen molar-refractivity contribution in [1.29, 1.82) is 0 Å². The summed E-state index contributed by atoms with van der Waals surface area (Å²) in [5, 5.41) is 0.667. The van der Waals surface area contributed by atoms with E-state index < -0.39 is 0 Å². The first-order chi connectivity index (χ1) is 7.68. The molecule has 0 unspecified atom stereocenters. The molecule has 1 saturated carbocycles. The summed E-state index contributed by atoms with van der Waals surface area (Å²) in [5.74, 6) is 1.15. The Morgan fingerprint density at radius 1 is 1.38 bits per heavy atom. The summed E-state index contributed by atoms with van der Waals surface area (Å²) < 4.78 is 0. The third-order valence-electron chi connectivity index (χ3n) is 3.21. The Kier molecular flexibility index (Phi) is 3.38. The van der Waals surface area contributed by atoms with Crippen LogP contribution < -0.4 is 0 Å². The third kappa shape index (κ3) is 2.32. The van der Waals surface area contributed by atoms with Crippen LogP contribution in [0, 0.1) is 0 Å². The zero-order valence-corrected chi connectivity index (χ0v) is 10.7. The third-order valence-corrected chi connectivity index (χ3v) is 4.59. The minimum absolute atomic E-state index is 0.298. The molecule has 2 heteroatoms. The summed E-state index contributed by atoms with van der Waals surface area (Å²) in [6, 6.07) is 8.04. The van der Waals surface area contributed by atoms with Crippen molar-refractivity contribution in [2.45, 2.75) is 37.4 Å². The highest BCUT2D eigenvalue weighted by Gasteiger charge is 2.45. The number of hydrogen-bond acceptors (Lipinski definition) is 2. The Bertz CT molecular complexity index is 380. The van der Waals surface area contributed by atoms with E-state index in [4.69, 9.17) is 0 Å². The SMILES string of the molecule is CC(C)SCC1(c2ccccc2C=O)CC1. The van der Waals surface area contributed by atoms with Crippen molar-refractivity contribution < 1.29 is 4.79 Å². The molecule has 2 rings (SSSR count). The molecule has 0 amide bonds. The number of rotatable bonds is 5. The molecule has 1 aliphatic rings. The molecule has 0 heterocycles. The normalized spacial score (nSPS) is 17.4. The van der Waals surface area contributed by atoms with Crippen LogP contribution in [-0.2, 0) is 5.41 Å². The van der Waals surface area contributed by atoms with Gasteiger partial charge in [0.2, 0.25) is 0 Å². The lowest BCUT2D eigenvalue weighted by molar-refractivity contribution is 0.112. The van der Waals surface area contributed by atoms with Gasteiger partial charge in [0, 0.05) is 16.7 Å². The Hall–Kier alpha value is -0.760. The Morgan fingerprint density at radius 2 is 2.06 bits per heavy atom. The van der Waals surface area contributed by atoms with E-state index in [-0.39, 0.29) is 0 Å². The van der Waals surface area contributed by atoms with E-state index in [0.29, 0.717) is 10.7 Å². The van der Waals surface area contributed by atoms with E-state index in [0.717, 1.165) is 17.6 Å². The van der Waals surface area contributed by atoms with Crippen LogP contribution in [0.4, 0.5) is 0 Å². The molecular weight excluding hydrogens is 216 g/mol. The maximum atomic E-state index is 11.0. The van der Waals surface area contributed by atoms with Crippen LogP contribution >= 0.6 is 11.8 Å². The molecule has 86 valence electrons. The van der Waals surface area contributed by atoms with Crippen molar-refractivity contribution in [3.05, 3.63) is 35.4 Å². The fraction of sp³-hybridized carbons (Fsp3) is 0.500. The summed E-state index contributed by atoms with van der Waals surface area (Å²) in [6.07, 6.45) is 3.46. The quantitative estimate of drug-likeness (QED) is 0.723. The minimum Gasteiger partial charge on any atom is -0.298 e. The van der Waals surface area contributed by atoms with Crippen LogP contribution in [0.2, 0.25) is 0 Å². The molecule has 0 N–H and O–H groups in total. The number of hydrogen-bond donors (Lipinski definition) is 0. The van der Waals surface area contributed by atoms with Gasteiger partial charge >= 0.3 is 0 Å². The van der Waals surface area contributed by atoms with Crippen molar-refractivity contribution in [1.82, 2.24) is 0 Å². The maximum Gasteiger partial charge on any atom is 0.150 e. The Balaban J connectivity index is 2.19. The average molecular weight is 234 g/mol. The molecule has 1 fully saturated rings. The van der Waals surface area contributed by atoms with Crippen molar-refractivity contribution in [3.8, 4) is 0 Å². The topological polar surface area (TPSA) is 17.1 Å². The molecule has 0 aromatic heterocycles. The van der Waals surface area contributed by atoms with Gasteiger partial charge in [0.1, 0.15) is 6.29 Å². The highest BCUT2D eigenvalue weighted by atomic mass is 32.2. The average Bonchev–Trinajstić information content (AvgIpc) is 3.07. The monoisotopic (exact) mass is 234 g/mol. The van der Waals surface area contributed by atoms with Crippen molar-refractivity contribution >= 4 is 18.0 Å². The first-order valence-corrected chi connectivity index (χ1v) is 6.89. The van der Waals surface area contributed by atoms with Gasteiger partial charge in [-0.3, -0.25) is 4.79 Å². The van der Waals surface area contributed by atoms with Gasteiger partial charge in [-0.1, -0.05) is 38.1 Å². The van der Waals surface area contributed by atoms with Crippen LogP contribution in [0.5, 0.6) is 0 Å². The molecule has 0 saturated heterocycles. The van der Waals surface area contributed by atoms with Gasteiger partial charge in [-0.25, -0.2) is 0 Å². The molecule has 0 spiro atoms. The van der Waals surface area contributed by atoms with E-state index in [1.54, 1.807) is 0 Å². The second kappa shape index (κ2) is 4.62. The lowest BCUT2D eigenvalue weighted by atomic mass is 9.93. The standard InChI is InChI=1S/C14H18OS/c1-11(2)16-10-14(7-8-14)13-6-4-3-5-12(13)9-15/h3-6,9,11H,7-8,10H2,1-2H3. The first-order valence-electron chi connectivity index (χ1n) is 5.84. The lowest BCUT2D eigenvalue weighted by Gasteiger charge is -2.18. The molecular formula is C14H18OS. The molecule has 1 aliphatic carbocycles. The lowest BCUT2D eigenvalue weighted by Crippen LogP contribution is -2.14. The van der Waals surface area contributed by atoms with Gasteiger partial charge in [-0.15, -0.1) is 0 Å². The smallest absolute Gasteiger partial charge is 0.150 e. The Morgan fingerprint density at radius 3 is 2.62 bits per heavy atom. The van der Waals surface area contributed by atoms with Crippen LogP contribution in [0.1, 0.15) is 42.6 Å². The predicted molar refractivity (Wildman–Crippen MR) is 70.3 cm³/mol. The van der Waals surface area contributed by atoms with Gasteiger partial charge in [0.25, 0.3) is 0 Å². The summed E-state index contributed by atoms with van der Waals surface area (Å²) in [4.78, 5) is 11.0. The van der Waals surface area contributed by atoms with Crippen LogP contribution in [0.25, 0.3) is 0 Å². The number of aldehydes is 1. The van der Waals surface area contributed by atoms with Gasteiger partial charge < -0.3 is 0 Å². The highest BCUT2D eigenvalue weighted by Crippen LogP contribution is 2.51.